The fourth-order valence-electron chi connectivity index (χ4n) is 1.66. The summed E-state index contributed by atoms with van der Waals surface area (Å²) in [6.07, 6.45) is 1.73. The molecule has 0 saturated heterocycles. The predicted octanol–water partition coefficient (Wildman–Crippen LogP) is 3.15. The van der Waals surface area contributed by atoms with Gasteiger partial charge >= 0.3 is 0 Å². The van der Waals surface area contributed by atoms with Gasteiger partial charge in [-0.2, -0.15) is 0 Å². The number of benzene rings is 1. The average molecular weight is 340 g/mol. The van der Waals surface area contributed by atoms with Crippen molar-refractivity contribution in [2.75, 3.05) is 5.73 Å². The Balaban J connectivity index is 2.24. The van der Waals surface area contributed by atoms with Crippen LogP contribution in [0, 0.1) is 0 Å². The minimum atomic E-state index is -0.519. The predicted molar refractivity (Wildman–Crippen MR) is 81.2 cm³/mol. The van der Waals surface area contributed by atoms with E-state index in [1.54, 1.807) is 24.4 Å². The summed E-state index contributed by atoms with van der Waals surface area (Å²) in [6, 6.07) is 5.23. The van der Waals surface area contributed by atoms with Crippen LogP contribution in [0.25, 0.3) is 0 Å². The van der Waals surface area contributed by atoms with Crippen LogP contribution >= 0.6 is 27.3 Å². The number of nitrogens with one attached hydrogen (secondary N) is 1. The van der Waals surface area contributed by atoms with Crippen LogP contribution in [-0.2, 0) is 5.54 Å². The highest BCUT2D eigenvalue weighted by molar-refractivity contribution is 9.10. The number of nitrogens with two attached hydrogens (primary N) is 1. The first-order valence-corrected chi connectivity index (χ1v) is 7.35. The topological polar surface area (TPSA) is 68.0 Å². The van der Waals surface area contributed by atoms with Gasteiger partial charge in [0, 0.05) is 17.3 Å². The Morgan fingerprint density at radius 2 is 2.21 bits per heavy atom. The van der Waals surface area contributed by atoms with Crippen molar-refractivity contribution in [2.45, 2.75) is 19.4 Å². The molecule has 0 fully saturated rings. The van der Waals surface area contributed by atoms with E-state index in [9.17, 15) is 4.79 Å². The van der Waals surface area contributed by atoms with E-state index in [-0.39, 0.29) is 5.91 Å². The zero-order valence-electron chi connectivity index (χ0n) is 10.6. The highest BCUT2D eigenvalue weighted by Crippen LogP contribution is 2.26. The molecule has 0 aliphatic heterocycles. The smallest absolute Gasteiger partial charge is 0.253 e. The van der Waals surface area contributed by atoms with E-state index < -0.39 is 5.54 Å². The molecule has 0 bridgehead atoms. The third-order valence-electron chi connectivity index (χ3n) is 2.67. The Morgan fingerprint density at radius 1 is 1.47 bits per heavy atom. The number of hydrogen-bond donors (Lipinski definition) is 2. The number of carbonyl (C=O) groups excluding carboxylic acids is 1. The van der Waals surface area contributed by atoms with E-state index in [0.717, 1.165) is 5.01 Å². The van der Waals surface area contributed by atoms with Gasteiger partial charge in [0.2, 0.25) is 0 Å². The van der Waals surface area contributed by atoms with Crippen LogP contribution in [0.2, 0.25) is 0 Å². The van der Waals surface area contributed by atoms with Crippen LogP contribution in [0.5, 0.6) is 0 Å². The molecule has 2 aromatic rings. The fraction of sp³-hybridized carbons (Fsp3) is 0.231. The summed E-state index contributed by atoms with van der Waals surface area (Å²) >= 11 is 4.85. The summed E-state index contributed by atoms with van der Waals surface area (Å²) in [5.74, 6) is -0.181. The monoisotopic (exact) mass is 339 g/mol. The second-order valence-corrected chi connectivity index (χ2v) is 6.31. The molecule has 19 heavy (non-hydrogen) atoms. The Hall–Kier alpha value is -1.40. The van der Waals surface area contributed by atoms with Crippen molar-refractivity contribution in [3.8, 4) is 0 Å². The Bertz CT molecular complexity index is 596. The van der Waals surface area contributed by atoms with Gasteiger partial charge < -0.3 is 11.1 Å². The van der Waals surface area contributed by atoms with E-state index in [4.69, 9.17) is 5.73 Å². The molecule has 0 atom stereocenters. The van der Waals surface area contributed by atoms with Crippen LogP contribution in [0.3, 0.4) is 0 Å². The molecule has 1 aromatic heterocycles. The number of anilines is 1. The molecule has 1 heterocycles. The normalized spacial score (nSPS) is 11.3. The maximum atomic E-state index is 12.3. The Kier molecular flexibility index (Phi) is 3.91. The molecule has 4 nitrogen and oxygen atoms in total. The number of thiazole rings is 1. The summed E-state index contributed by atoms with van der Waals surface area (Å²) < 4.78 is 0.613. The third-order valence-corrected chi connectivity index (χ3v) is 4.65. The van der Waals surface area contributed by atoms with E-state index in [1.807, 2.05) is 19.2 Å². The quantitative estimate of drug-likeness (QED) is 0.844. The molecule has 0 aliphatic carbocycles. The second-order valence-electron chi connectivity index (χ2n) is 4.63. The third kappa shape index (κ3) is 2.96. The summed E-state index contributed by atoms with van der Waals surface area (Å²) in [5, 5.41) is 5.72. The van der Waals surface area contributed by atoms with Gasteiger partial charge in [0.1, 0.15) is 5.01 Å². The van der Waals surface area contributed by atoms with Crippen LogP contribution in [0.4, 0.5) is 5.69 Å². The molecule has 0 radical (unpaired) electrons. The molecular weight excluding hydrogens is 326 g/mol. The standard InChI is InChI=1S/C13H14BrN3OS/c1-13(2,12-16-6-7-19-12)17-11(18)8-4-3-5-9(15)10(8)14/h3-7H,15H2,1-2H3,(H,17,18). The van der Waals surface area contributed by atoms with Gasteiger partial charge in [-0.05, 0) is 41.9 Å². The van der Waals surface area contributed by atoms with E-state index in [2.05, 4.69) is 26.2 Å². The number of carbonyl (C=O) groups is 1. The number of aromatic nitrogens is 1. The van der Waals surface area contributed by atoms with E-state index >= 15 is 0 Å². The zero-order chi connectivity index (χ0) is 14.0. The molecule has 1 amide bonds. The number of halogens is 1. The molecule has 1 aromatic carbocycles. The molecule has 3 N–H and O–H groups in total. The number of hydrogen-bond acceptors (Lipinski definition) is 4. The summed E-state index contributed by atoms with van der Waals surface area (Å²) in [6.45, 7) is 3.84. The molecule has 2 rings (SSSR count). The van der Waals surface area contributed by atoms with Gasteiger partial charge in [0.05, 0.1) is 15.6 Å². The molecule has 0 saturated carbocycles. The summed E-state index contributed by atoms with van der Waals surface area (Å²) in [4.78, 5) is 16.6. The van der Waals surface area contributed by atoms with Gasteiger partial charge in [-0.1, -0.05) is 6.07 Å². The average Bonchev–Trinajstić information content (AvgIpc) is 2.86. The lowest BCUT2D eigenvalue weighted by molar-refractivity contribution is 0.0911. The van der Waals surface area contributed by atoms with Gasteiger partial charge in [-0.15, -0.1) is 11.3 Å². The SMILES string of the molecule is CC(C)(NC(=O)c1cccc(N)c1Br)c1nccs1. The summed E-state index contributed by atoms with van der Waals surface area (Å²) in [5.41, 5.74) is 6.32. The lowest BCUT2D eigenvalue weighted by Gasteiger charge is -2.24. The van der Waals surface area contributed by atoms with Crippen LogP contribution in [-0.4, -0.2) is 10.9 Å². The van der Waals surface area contributed by atoms with Crippen LogP contribution in [0.1, 0.15) is 29.2 Å². The second kappa shape index (κ2) is 5.30. The molecule has 0 unspecified atom stereocenters. The maximum Gasteiger partial charge on any atom is 0.253 e. The van der Waals surface area contributed by atoms with Crippen LogP contribution in [0.15, 0.2) is 34.2 Å². The molecule has 100 valence electrons. The number of nitrogens with zero attached hydrogens (tertiary/aromatic N) is 1. The first kappa shape index (κ1) is 14.0. The molecule has 0 aliphatic rings. The number of nitrogen functional groups attached to an aromatic ring is 1. The summed E-state index contributed by atoms with van der Waals surface area (Å²) in [7, 11) is 0. The van der Waals surface area contributed by atoms with Gasteiger partial charge in [0.25, 0.3) is 5.91 Å². The lowest BCUT2D eigenvalue weighted by atomic mass is 10.1. The Morgan fingerprint density at radius 3 is 2.84 bits per heavy atom. The first-order chi connectivity index (χ1) is 8.92. The zero-order valence-corrected chi connectivity index (χ0v) is 13.0. The maximum absolute atomic E-state index is 12.3. The van der Waals surface area contributed by atoms with Gasteiger partial charge in [-0.3, -0.25) is 4.79 Å². The highest BCUT2D eigenvalue weighted by Gasteiger charge is 2.26. The number of rotatable bonds is 3. The minimum Gasteiger partial charge on any atom is -0.398 e. The van der Waals surface area contributed by atoms with Crippen LogP contribution < -0.4 is 11.1 Å². The largest absolute Gasteiger partial charge is 0.398 e. The first-order valence-electron chi connectivity index (χ1n) is 5.68. The minimum absolute atomic E-state index is 0.181. The van der Waals surface area contributed by atoms with Crippen molar-refractivity contribution < 1.29 is 4.79 Å². The van der Waals surface area contributed by atoms with Crippen molar-refractivity contribution >= 4 is 38.9 Å². The van der Waals surface area contributed by atoms with E-state index in [1.165, 1.54) is 11.3 Å². The van der Waals surface area contributed by atoms with Crippen molar-refractivity contribution in [1.82, 2.24) is 10.3 Å². The van der Waals surface area contributed by atoms with Crippen molar-refractivity contribution in [2.24, 2.45) is 0 Å². The van der Waals surface area contributed by atoms with Crippen molar-refractivity contribution in [3.63, 3.8) is 0 Å². The lowest BCUT2D eigenvalue weighted by Crippen LogP contribution is -2.41. The van der Waals surface area contributed by atoms with Gasteiger partial charge in [-0.25, -0.2) is 4.98 Å². The number of amides is 1. The van der Waals surface area contributed by atoms with E-state index in [0.29, 0.717) is 15.7 Å². The molecule has 0 spiro atoms. The Labute approximate surface area is 124 Å². The molecular formula is C13H14BrN3OS. The van der Waals surface area contributed by atoms with Crippen molar-refractivity contribution in [3.05, 3.63) is 44.8 Å². The van der Waals surface area contributed by atoms with Crippen molar-refractivity contribution in [1.29, 1.82) is 0 Å². The van der Waals surface area contributed by atoms with Gasteiger partial charge in [0.15, 0.2) is 0 Å². The fourth-order valence-corrected chi connectivity index (χ4v) is 2.82. The molecule has 6 heteroatoms. The highest BCUT2D eigenvalue weighted by atomic mass is 79.9.